The van der Waals surface area contributed by atoms with Crippen LogP contribution in [0.2, 0.25) is 0 Å². The van der Waals surface area contributed by atoms with Gasteiger partial charge in [0.1, 0.15) is 0 Å². The largest absolute Gasteiger partial charge is 0.314 e. The summed E-state index contributed by atoms with van der Waals surface area (Å²) in [4.78, 5) is 4.05. The molecule has 0 aliphatic carbocycles. The van der Waals surface area contributed by atoms with Crippen LogP contribution in [0, 0.1) is 6.92 Å². The second-order valence-electron chi connectivity index (χ2n) is 5.07. The van der Waals surface area contributed by atoms with Gasteiger partial charge in [0.25, 0.3) is 0 Å². The minimum atomic E-state index is 0. The third-order valence-electron chi connectivity index (χ3n) is 3.34. The first kappa shape index (κ1) is 20.4. The molecule has 0 radical (unpaired) electrons. The second-order valence-corrected chi connectivity index (χ2v) is 7.47. The van der Waals surface area contributed by atoms with Crippen molar-refractivity contribution in [3.05, 3.63) is 32.4 Å². The van der Waals surface area contributed by atoms with Crippen molar-refractivity contribution in [1.29, 1.82) is 0 Å². The molecule has 0 saturated carbocycles. The number of rotatable bonds is 4. The van der Waals surface area contributed by atoms with E-state index in [9.17, 15) is 0 Å². The zero-order valence-corrected chi connectivity index (χ0v) is 16.0. The first-order valence-electron chi connectivity index (χ1n) is 6.43. The highest BCUT2D eigenvalue weighted by Crippen LogP contribution is 2.36. The summed E-state index contributed by atoms with van der Waals surface area (Å²) in [5.41, 5.74) is 2.61. The lowest BCUT2D eigenvalue weighted by atomic mass is 10.0. The Bertz CT molecular complexity index is 411. The molecule has 2 nitrogen and oxygen atoms in total. The number of hydrogen-bond acceptors (Lipinski definition) is 3. The Labute approximate surface area is 147 Å². The topological polar surface area (TPSA) is 15.3 Å². The minimum absolute atomic E-state index is 0. The van der Waals surface area contributed by atoms with E-state index in [2.05, 4.69) is 52.6 Å². The average molecular weight is 402 g/mol. The van der Waals surface area contributed by atoms with E-state index in [0.29, 0.717) is 6.04 Å². The maximum atomic E-state index is 4.10. The molecule has 1 aliphatic heterocycles. The van der Waals surface area contributed by atoms with Crippen molar-refractivity contribution in [2.75, 3.05) is 26.2 Å². The van der Waals surface area contributed by atoms with Crippen LogP contribution >= 0.6 is 52.1 Å². The lowest BCUT2D eigenvalue weighted by Crippen LogP contribution is -2.45. The van der Waals surface area contributed by atoms with Crippen LogP contribution in [0.25, 0.3) is 0 Å². The van der Waals surface area contributed by atoms with Gasteiger partial charge in [0.15, 0.2) is 0 Å². The molecule has 2 rings (SSSR count). The lowest BCUT2D eigenvalue weighted by molar-refractivity contribution is 0.175. The molecule has 0 spiro atoms. The van der Waals surface area contributed by atoms with Gasteiger partial charge in [-0.05, 0) is 47.8 Å². The molecule has 1 atom stereocenters. The standard InChI is InChI=1S/C14H21BrN2S.2ClH/c1-10(2)8-12(17-6-4-16-5-7-17)13-9-11(3)14(15)18-13;;/h9,12,16H,1,4-8H2,2-3H3;2*1H/t12-;;/m0../s1. The Balaban J connectivity index is 0.00000180. The van der Waals surface area contributed by atoms with Crippen LogP contribution in [0.1, 0.15) is 29.8 Å². The number of piperazine rings is 1. The molecule has 1 fully saturated rings. The van der Waals surface area contributed by atoms with E-state index in [-0.39, 0.29) is 24.8 Å². The lowest BCUT2D eigenvalue weighted by Gasteiger charge is -2.34. The van der Waals surface area contributed by atoms with Gasteiger partial charge in [-0.1, -0.05) is 5.57 Å². The van der Waals surface area contributed by atoms with Gasteiger partial charge in [0, 0.05) is 37.1 Å². The van der Waals surface area contributed by atoms with Crippen LogP contribution in [0.4, 0.5) is 0 Å². The molecular weight excluding hydrogens is 379 g/mol. The SMILES string of the molecule is C=C(C)C[C@@H](c1cc(C)c(Br)s1)N1CCNCC1.Cl.Cl. The number of hydrogen-bond donors (Lipinski definition) is 1. The normalized spacial score (nSPS) is 16.9. The van der Waals surface area contributed by atoms with Gasteiger partial charge in [-0.2, -0.15) is 0 Å². The van der Waals surface area contributed by atoms with Gasteiger partial charge in [-0.15, -0.1) is 42.7 Å². The third-order valence-corrected chi connectivity index (χ3v) is 5.58. The van der Waals surface area contributed by atoms with Crippen LogP contribution in [0.3, 0.4) is 0 Å². The van der Waals surface area contributed by atoms with Crippen molar-refractivity contribution in [3.8, 4) is 0 Å². The average Bonchev–Trinajstić information content (AvgIpc) is 2.67. The van der Waals surface area contributed by atoms with E-state index in [1.165, 1.54) is 19.8 Å². The Hall–Kier alpha value is 0.420. The molecular formula is C14H23BrCl2N2S. The molecule has 0 aromatic carbocycles. The predicted molar refractivity (Wildman–Crippen MR) is 97.9 cm³/mol. The monoisotopic (exact) mass is 400 g/mol. The molecule has 2 heterocycles. The highest BCUT2D eigenvalue weighted by Gasteiger charge is 2.24. The van der Waals surface area contributed by atoms with Crippen molar-refractivity contribution in [2.24, 2.45) is 0 Å². The molecule has 1 saturated heterocycles. The maximum Gasteiger partial charge on any atom is 0.0731 e. The fraction of sp³-hybridized carbons (Fsp3) is 0.571. The van der Waals surface area contributed by atoms with E-state index in [0.717, 1.165) is 32.6 Å². The molecule has 6 heteroatoms. The van der Waals surface area contributed by atoms with Crippen LogP contribution in [-0.2, 0) is 0 Å². The molecule has 116 valence electrons. The predicted octanol–water partition coefficient (Wildman–Crippen LogP) is 4.58. The van der Waals surface area contributed by atoms with Gasteiger partial charge in [-0.3, -0.25) is 4.90 Å². The Morgan fingerprint density at radius 3 is 2.50 bits per heavy atom. The van der Waals surface area contributed by atoms with Crippen molar-refractivity contribution < 1.29 is 0 Å². The summed E-state index contributed by atoms with van der Waals surface area (Å²) in [7, 11) is 0. The minimum Gasteiger partial charge on any atom is -0.314 e. The van der Waals surface area contributed by atoms with Gasteiger partial charge < -0.3 is 5.32 Å². The smallest absolute Gasteiger partial charge is 0.0731 e. The van der Waals surface area contributed by atoms with Gasteiger partial charge in [0.2, 0.25) is 0 Å². The van der Waals surface area contributed by atoms with E-state index in [1.54, 1.807) is 0 Å². The Morgan fingerprint density at radius 2 is 2.05 bits per heavy atom. The summed E-state index contributed by atoms with van der Waals surface area (Å²) >= 11 is 5.51. The van der Waals surface area contributed by atoms with Crippen LogP contribution in [0.15, 0.2) is 22.0 Å². The summed E-state index contributed by atoms with van der Waals surface area (Å²) in [6.07, 6.45) is 1.06. The van der Waals surface area contributed by atoms with Crippen molar-refractivity contribution >= 4 is 52.1 Å². The first-order chi connectivity index (χ1) is 8.58. The van der Waals surface area contributed by atoms with E-state index in [4.69, 9.17) is 0 Å². The molecule has 1 aliphatic rings. The summed E-state index contributed by atoms with van der Waals surface area (Å²) in [5.74, 6) is 0. The Morgan fingerprint density at radius 1 is 1.45 bits per heavy atom. The van der Waals surface area contributed by atoms with E-state index < -0.39 is 0 Å². The van der Waals surface area contributed by atoms with Gasteiger partial charge in [0.05, 0.1) is 3.79 Å². The molecule has 0 unspecified atom stereocenters. The summed E-state index contributed by atoms with van der Waals surface area (Å²) in [5, 5.41) is 3.42. The highest BCUT2D eigenvalue weighted by molar-refractivity contribution is 9.11. The fourth-order valence-corrected chi connectivity index (χ4v) is 4.09. The van der Waals surface area contributed by atoms with E-state index >= 15 is 0 Å². The van der Waals surface area contributed by atoms with E-state index in [1.807, 2.05) is 11.3 Å². The van der Waals surface area contributed by atoms with Crippen molar-refractivity contribution in [1.82, 2.24) is 10.2 Å². The van der Waals surface area contributed by atoms with Gasteiger partial charge >= 0.3 is 0 Å². The van der Waals surface area contributed by atoms with Crippen molar-refractivity contribution in [2.45, 2.75) is 26.3 Å². The van der Waals surface area contributed by atoms with Crippen LogP contribution < -0.4 is 5.32 Å². The molecule has 1 aromatic heterocycles. The summed E-state index contributed by atoms with van der Waals surface area (Å²) in [6, 6.07) is 2.82. The first-order valence-corrected chi connectivity index (χ1v) is 8.04. The summed E-state index contributed by atoms with van der Waals surface area (Å²) < 4.78 is 1.26. The number of nitrogens with one attached hydrogen (secondary N) is 1. The quantitative estimate of drug-likeness (QED) is 0.743. The fourth-order valence-electron chi connectivity index (χ4n) is 2.38. The zero-order valence-electron chi connectivity index (χ0n) is 11.9. The molecule has 20 heavy (non-hydrogen) atoms. The van der Waals surface area contributed by atoms with Crippen LogP contribution in [0.5, 0.6) is 0 Å². The molecule has 0 amide bonds. The molecule has 1 aromatic rings. The number of halogens is 3. The highest BCUT2D eigenvalue weighted by atomic mass is 79.9. The van der Waals surface area contributed by atoms with Gasteiger partial charge in [-0.25, -0.2) is 0 Å². The molecule has 0 bridgehead atoms. The maximum absolute atomic E-state index is 4.10. The summed E-state index contributed by atoms with van der Waals surface area (Å²) in [6.45, 7) is 12.8. The second kappa shape index (κ2) is 9.44. The number of nitrogens with zero attached hydrogens (tertiary/aromatic N) is 1. The number of thiophene rings is 1. The van der Waals surface area contributed by atoms with Crippen molar-refractivity contribution in [3.63, 3.8) is 0 Å². The number of aryl methyl sites for hydroxylation is 1. The zero-order chi connectivity index (χ0) is 13.1. The van der Waals surface area contributed by atoms with Crippen LogP contribution in [-0.4, -0.2) is 31.1 Å². The third kappa shape index (κ3) is 5.32. The Kier molecular flexibility index (Phi) is 9.64. The molecule has 1 N–H and O–H groups in total.